The van der Waals surface area contributed by atoms with Gasteiger partial charge in [-0.2, -0.15) is 0 Å². The van der Waals surface area contributed by atoms with Gasteiger partial charge in [0.05, 0.1) is 0 Å². The number of halogens is 1. The third-order valence-corrected chi connectivity index (χ3v) is 3.76. The van der Waals surface area contributed by atoms with E-state index in [4.69, 9.17) is 0 Å². The molecule has 1 spiro atoms. The summed E-state index contributed by atoms with van der Waals surface area (Å²) < 4.78 is 12.8. The maximum Gasteiger partial charge on any atom is 0.253 e. The fourth-order valence-electron chi connectivity index (χ4n) is 2.75. The molecule has 1 amide bonds. The Labute approximate surface area is 99.6 Å². The van der Waals surface area contributed by atoms with Gasteiger partial charge in [0.25, 0.3) is 5.91 Å². The van der Waals surface area contributed by atoms with Gasteiger partial charge < -0.3 is 10.2 Å². The van der Waals surface area contributed by atoms with Crippen molar-refractivity contribution in [2.45, 2.75) is 6.42 Å². The lowest BCUT2D eigenvalue weighted by molar-refractivity contribution is 0.0159. The van der Waals surface area contributed by atoms with Crippen LogP contribution in [0.25, 0.3) is 0 Å². The first-order valence-corrected chi connectivity index (χ1v) is 5.94. The van der Waals surface area contributed by atoms with E-state index in [0.717, 1.165) is 32.6 Å². The zero-order chi connectivity index (χ0) is 11.9. The molecule has 2 saturated heterocycles. The van der Waals surface area contributed by atoms with Crippen LogP contribution in [0.1, 0.15) is 16.8 Å². The first kappa shape index (κ1) is 10.7. The molecule has 90 valence electrons. The summed E-state index contributed by atoms with van der Waals surface area (Å²) in [5.74, 6) is -0.288. The minimum absolute atomic E-state index is 0.0162. The minimum Gasteiger partial charge on any atom is -0.337 e. The summed E-state index contributed by atoms with van der Waals surface area (Å²) in [5.41, 5.74) is 0.891. The van der Waals surface area contributed by atoms with Gasteiger partial charge in [-0.1, -0.05) is 0 Å². The lowest BCUT2D eigenvalue weighted by Gasteiger charge is -2.47. The molecule has 2 heterocycles. The summed E-state index contributed by atoms with van der Waals surface area (Å²) in [5, 5.41) is 3.33. The molecule has 0 aliphatic carbocycles. The highest BCUT2D eigenvalue weighted by Crippen LogP contribution is 2.36. The molecule has 1 aromatic carbocycles. The summed E-state index contributed by atoms with van der Waals surface area (Å²) in [6.45, 7) is 3.73. The molecule has 3 nitrogen and oxygen atoms in total. The molecule has 0 aromatic heterocycles. The molecule has 2 fully saturated rings. The Kier molecular flexibility index (Phi) is 2.40. The van der Waals surface area contributed by atoms with Crippen LogP contribution in [0.2, 0.25) is 0 Å². The molecule has 17 heavy (non-hydrogen) atoms. The number of likely N-dealkylation sites (tertiary alicyclic amines) is 1. The topological polar surface area (TPSA) is 32.3 Å². The first-order valence-electron chi connectivity index (χ1n) is 5.94. The minimum atomic E-state index is -0.304. The van der Waals surface area contributed by atoms with Gasteiger partial charge in [-0.15, -0.1) is 0 Å². The van der Waals surface area contributed by atoms with E-state index in [1.165, 1.54) is 12.1 Å². The van der Waals surface area contributed by atoms with Gasteiger partial charge in [-0.25, -0.2) is 4.39 Å². The third kappa shape index (κ3) is 1.82. The van der Waals surface area contributed by atoms with E-state index in [1.54, 1.807) is 12.1 Å². The van der Waals surface area contributed by atoms with Crippen molar-refractivity contribution < 1.29 is 9.18 Å². The quantitative estimate of drug-likeness (QED) is 0.793. The lowest BCUT2D eigenvalue weighted by atomic mass is 9.79. The van der Waals surface area contributed by atoms with Crippen LogP contribution in [0.5, 0.6) is 0 Å². The van der Waals surface area contributed by atoms with Crippen molar-refractivity contribution in [3.8, 4) is 0 Å². The zero-order valence-electron chi connectivity index (χ0n) is 9.58. The van der Waals surface area contributed by atoms with E-state index < -0.39 is 0 Å². The maximum atomic E-state index is 12.8. The van der Waals surface area contributed by atoms with Crippen molar-refractivity contribution in [3.63, 3.8) is 0 Å². The standard InChI is InChI=1S/C13H15FN2O/c14-11-3-1-10(2-4-11)12(17)16-8-13(9-16)5-6-15-7-13/h1-4,15H,5-9H2. The highest BCUT2D eigenvalue weighted by atomic mass is 19.1. The maximum absolute atomic E-state index is 12.8. The highest BCUT2D eigenvalue weighted by molar-refractivity contribution is 5.94. The smallest absolute Gasteiger partial charge is 0.253 e. The second-order valence-electron chi connectivity index (χ2n) is 5.09. The number of hydrogen-bond acceptors (Lipinski definition) is 2. The van der Waals surface area contributed by atoms with Gasteiger partial charge in [0, 0.05) is 30.6 Å². The Balaban J connectivity index is 1.67. The third-order valence-electron chi connectivity index (χ3n) is 3.76. The molecule has 2 aliphatic rings. The average Bonchev–Trinajstić information content (AvgIpc) is 2.76. The predicted molar refractivity (Wildman–Crippen MR) is 62.2 cm³/mol. The van der Waals surface area contributed by atoms with Gasteiger partial charge >= 0.3 is 0 Å². The number of nitrogens with one attached hydrogen (secondary N) is 1. The molecule has 1 aromatic rings. The van der Waals surface area contributed by atoms with E-state index in [2.05, 4.69) is 5.32 Å². The highest BCUT2D eigenvalue weighted by Gasteiger charge is 2.46. The molecule has 3 rings (SSSR count). The fraction of sp³-hybridized carbons (Fsp3) is 0.462. The molecule has 2 aliphatic heterocycles. The summed E-state index contributed by atoms with van der Waals surface area (Å²) >= 11 is 0. The van der Waals surface area contributed by atoms with Crippen molar-refractivity contribution >= 4 is 5.91 Å². The van der Waals surface area contributed by atoms with Crippen molar-refractivity contribution in [3.05, 3.63) is 35.6 Å². The predicted octanol–water partition coefficient (Wildman–Crippen LogP) is 1.26. The Morgan fingerprint density at radius 2 is 2.00 bits per heavy atom. The first-order chi connectivity index (χ1) is 8.19. The van der Waals surface area contributed by atoms with Crippen LogP contribution < -0.4 is 5.32 Å². The molecular weight excluding hydrogens is 219 g/mol. The number of carbonyl (C=O) groups is 1. The Hall–Kier alpha value is -1.42. The van der Waals surface area contributed by atoms with Crippen LogP contribution in [-0.2, 0) is 0 Å². The lowest BCUT2D eigenvalue weighted by Crippen LogP contribution is -2.59. The zero-order valence-corrected chi connectivity index (χ0v) is 9.58. The Morgan fingerprint density at radius 3 is 2.59 bits per heavy atom. The molecule has 4 heteroatoms. The molecule has 0 saturated carbocycles. The van der Waals surface area contributed by atoms with E-state index in [0.29, 0.717) is 11.0 Å². The average molecular weight is 234 g/mol. The van der Waals surface area contributed by atoms with Gasteiger partial charge in [0.2, 0.25) is 0 Å². The molecule has 1 N–H and O–H groups in total. The second kappa shape index (κ2) is 3.81. The molecule has 0 radical (unpaired) electrons. The van der Waals surface area contributed by atoms with Crippen molar-refractivity contribution in [1.29, 1.82) is 0 Å². The fourth-order valence-corrected chi connectivity index (χ4v) is 2.75. The normalized spacial score (nSPS) is 21.6. The van der Waals surface area contributed by atoms with Crippen molar-refractivity contribution in [2.75, 3.05) is 26.2 Å². The number of amides is 1. The second-order valence-corrected chi connectivity index (χ2v) is 5.09. The summed E-state index contributed by atoms with van der Waals surface area (Å²) in [4.78, 5) is 13.9. The Morgan fingerprint density at radius 1 is 1.29 bits per heavy atom. The number of carbonyl (C=O) groups excluding carboxylic acids is 1. The van der Waals surface area contributed by atoms with Gasteiger partial charge in [-0.3, -0.25) is 4.79 Å². The van der Waals surface area contributed by atoms with Crippen LogP contribution >= 0.6 is 0 Å². The monoisotopic (exact) mass is 234 g/mol. The van der Waals surface area contributed by atoms with Gasteiger partial charge in [-0.05, 0) is 37.2 Å². The van der Waals surface area contributed by atoms with Gasteiger partial charge in [0.1, 0.15) is 5.82 Å². The van der Waals surface area contributed by atoms with Gasteiger partial charge in [0.15, 0.2) is 0 Å². The number of hydrogen-bond donors (Lipinski definition) is 1. The molecule has 0 bridgehead atoms. The molecule has 0 atom stereocenters. The van der Waals surface area contributed by atoms with Crippen molar-refractivity contribution in [1.82, 2.24) is 10.2 Å². The molecule has 0 unspecified atom stereocenters. The number of rotatable bonds is 1. The van der Waals surface area contributed by atoms with Crippen LogP contribution in [0, 0.1) is 11.2 Å². The van der Waals surface area contributed by atoms with Crippen LogP contribution in [0.4, 0.5) is 4.39 Å². The number of benzene rings is 1. The van der Waals surface area contributed by atoms with Crippen LogP contribution in [0.15, 0.2) is 24.3 Å². The van der Waals surface area contributed by atoms with Crippen LogP contribution in [-0.4, -0.2) is 37.0 Å². The Bertz CT molecular complexity index is 429. The molecular formula is C13H15FN2O. The summed E-state index contributed by atoms with van der Waals surface area (Å²) in [6.07, 6.45) is 1.15. The van der Waals surface area contributed by atoms with E-state index in [9.17, 15) is 9.18 Å². The van der Waals surface area contributed by atoms with E-state index in [1.807, 2.05) is 4.90 Å². The summed E-state index contributed by atoms with van der Waals surface area (Å²) in [7, 11) is 0. The van der Waals surface area contributed by atoms with E-state index >= 15 is 0 Å². The summed E-state index contributed by atoms with van der Waals surface area (Å²) in [6, 6.07) is 5.77. The SMILES string of the molecule is O=C(c1ccc(F)cc1)N1CC2(CCNC2)C1. The van der Waals surface area contributed by atoms with E-state index in [-0.39, 0.29) is 11.7 Å². The number of nitrogens with zero attached hydrogens (tertiary/aromatic N) is 1. The van der Waals surface area contributed by atoms with Crippen molar-refractivity contribution in [2.24, 2.45) is 5.41 Å². The largest absolute Gasteiger partial charge is 0.337 e. The van der Waals surface area contributed by atoms with Crippen LogP contribution in [0.3, 0.4) is 0 Å².